The van der Waals surface area contributed by atoms with Gasteiger partial charge in [0.25, 0.3) is 11.8 Å². The molecule has 8 heteroatoms. The number of aromatic nitrogens is 1. The summed E-state index contributed by atoms with van der Waals surface area (Å²) in [5, 5.41) is 0.887. The maximum absolute atomic E-state index is 14.2. The summed E-state index contributed by atoms with van der Waals surface area (Å²) in [4.78, 5) is 51.5. The molecule has 36 heavy (non-hydrogen) atoms. The first-order valence-corrected chi connectivity index (χ1v) is 12.6. The van der Waals surface area contributed by atoms with Crippen LogP contribution in [0, 0.1) is 0 Å². The van der Waals surface area contributed by atoms with Gasteiger partial charge in [-0.25, -0.2) is 0 Å². The number of hydrogen-bond donors (Lipinski definition) is 0. The van der Waals surface area contributed by atoms with Crippen molar-refractivity contribution in [2.24, 2.45) is 0 Å². The highest BCUT2D eigenvalue weighted by Crippen LogP contribution is 2.53. The Hall–Kier alpha value is -4.30. The number of pyridine rings is 1. The first-order valence-electron chi connectivity index (χ1n) is 11.8. The maximum Gasteiger partial charge on any atom is 0.263 e. The number of Topliss-reactive ketones (excluding diaryl/α,β-unsaturated/α-hetero) is 1. The number of aryl methyl sites for hydroxylation is 1. The van der Waals surface area contributed by atoms with Crippen molar-refractivity contribution in [2.45, 2.75) is 25.4 Å². The normalized spacial score (nSPS) is 18.6. The molecule has 0 saturated carbocycles. The van der Waals surface area contributed by atoms with Crippen LogP contribution >= 0.6 is 11.3 Å². The topological polar surface area (TPSA) is 73.8 Å². The van der Waals surface area contributed by atoms with E-state index in [-0.39, 0.29) is 17.6 Å². The molecule has 7 nitrogen and oxygen atoms in total. The average Bonchev–Trinajstić information content (AvgIpc) is 3.47. The monoisotopic (exact) mass is 492 g/mol. The molecule has 0 atom stereocenters. The lowest BCUT2D eigenvalue weighted by molar-refractivity contribution is -0.117. The highest BCUT2D eigenvalue weighted by Gasteiger charge is 2.59. The number of hydrogen-bond acceptors (Lipinski definition) is 6. The van der Waals surface area contributed by atoms with Crippen LogP contribution in [0.25, 0.3) is 5.57 Å². The van der Waals surface area contributed by atoms with Crippen molar-refractivity contribution in [1.29, 1.82) is 0 Å². The zero-order valence-corrected chi connectivity index (χ0v) is 20.2. The Morgan fingerprint density at radius 2 is 1.81 bits per heavy atom. The Labute approximate surface area is 211 Å². The summed E-state index contributed by atoms with van der Waals surface area (Å²) >= 11 is 1.61. The number of rotatable bonds is 2. The summed E-state index contributed by atoms with van der Waals surface area (Å²) in [7, 11) is 0. The van der Waals surface area contributed by atoms with Gasteiger partial charge in [-0.1, -0.05) is 31.2 Å². The molecule has 4 aliphatic rings. The van der Waals surface area contributed by atoms with Crippen LogP contribution < -0.4 is 4.90 Å². The van der Waals surface area contributed by atoms with Gasteiger partial charge in [-0.05, 0) is 47.9 Å². The molecule has 1 aromatic carbocycles. The third kappa shape index (κ3) is 2.62. The van der Waals surface area contributed by atoms with E-state index in [1.165, 1.54) is 4.90 Å². The fraction of sp³-hybridized carbons (Fsp3) is 0.143. The molecule has 7 rings (SSSR count). The minimum Gasteiger partial charge on any atom is -0.313 e. The highest BCUT2D eigenvalue weighted by atomic mass is 32.1. The number of amides is 2. The third-order valence-corrected chi connectivity index (χ3v) is 8.50. The molecule has 2 aromatic heterocycles. The van der Waals surface area contributed by atoms with Crippen molar-refractivity contribution in [1.82, 2.24) is 14.8 Å². The summed E-state index contributed by atoms with van der Waals surface area (Å²) in [5.41, 5.74) is 2.21. The third-order valence-electron chi connectivity index (χ3n) is 7.20. The second kappa shape index (κ2) is 7.35. The largest absolute Gasteiger partial charge is 0.313 e. The van der Waals surface area contributed by atoms with E-state index < -0.39 is 5.54 Å². The van der Waals surface area contributed by atoms with E-state index in [1.807, 2.05) is 30.3 Å². The second-order valence-electron chi connectivity index (χ2n) is 9.10. The zero-order chi connectivity index (χ0) is 24.6. The van der Waals surface area contributed by atoms with E-state index in [4.69, 9.17) is 0 Å². The summed E-state index contributed by atoms with van der Waals surface area (Å²) in [6.07, 6.45) is 10.5. The van der Waals surface area contributed by atoms with Crippen molar-refractivity contribution in [2.75, 3.05) is 4.90 Å². The van der Waals surface area contributed by atoms with Crippen molar-refractivity contribution in [3.05, 3.63) is 112 Å². The highest BCUT2D eigenvalue weighted by molar-refractivity contribution is 7.16. The number of benzene rings is 1. The smallest absolute Gasteiger partial charge is 0.263 e. The lowest BCUT2D eigenvalue weighted by atomic mass is 9.86. The molecule has 6 heterocycles. The Kier molecular flexibility index (Phi) is 4.29. The molecule has 0 unspecified atom stereocenters. The summed E-state index contributed by atoms with van der Waals surface area (Å²) in [5.74, 6) is 0.0204. The van der Waals surface area contributed by atoms with Gasteiger partial charge in [0.1, 0.15) is 10.8 Å². The summed E-state index contributed by atoms with van der Waals surface area (Å²) in [6, 6.07) is 13.1. The molecule has 0 bridgehead atoms. The van der Waals surface area contributed by atoms with E-state index in [2.05, 4.69) is 16.8 Å². The lowest BCUT2D eigenvalue weighted by Crippen LogP contribution is -2.54. The zero-order valence-electron chi connectivity index (χ0n) is 19.3. The predicted molar refractivity (Wildman–Crippen MR) is 136 cm³/mol. The van der Waals surface area contributed by atoms with Gasteiger partial charge in [0, 0.05) is 35.2 Å². The van der Waals surface area contributed by atoms with Crippen LogP contribution in [0.1, 0.15) is 43.6 Å². The Morgan fingerprint density at radius 1 is 1.06 bits per heavy atom. The number of thiophene rings is 1. The molecule has 176 valence electrons. The van der Waals surface area contributed by atoms with Gasteiger partial charge in [0.15, 0.2) is 5.54 Å². The van der Waals surface area contributed by atoms with Gasteiger partial charge < -0.3 is 4.90 Å². The van der Waals surface area contributed by atoms with Gasteiger partial charge in [-0.15, -0.1) is 11.3 Å². The van der Waals surface area contributed by atoms with Crippen molar-refractivity contribution in [3.63, 3.8) is 0 Å². The van der Waals surface area contributed by atoms with E-state index in [0.29, 0.717) is 29.1 Å². The molecule has 1 spiro atoms. The number of anilines is 1. The standard InChI is InChI=1S/C28H20N4O3S/c1-2-19-15-21-26(35)32-24-22(20-6-4-3-5-18(20)16-31(24)27(21)36-19)23(33)28(32)9-13-30(14-10-28)25(34)17-7-11-29-12-8-17/h3-15H,2,16H2,1H3. The average molecular weight is 493 g/mol. The van der Waals surface area contributed by atoms with Gasteiger partial charge in [0.2, 0.25) is 5.78 Å². The molecule has 0 radical (unpaired) electrons. The number of ketones is 1. The van der Waals surface area contributed by atoms with Gasteiger partial charge in [-0.3, -0.25) is 29.2 Å². The van der Waals surface area contributed by atoms with Crippen molar-refractivity contribution < 1.29 is 14.4 Å². The molecule has 0 fully saturated rings. The van der Waals surface area contributed by atoms with Gasteiger partial charge in [-0.2, -0.15) is 0 Å². The predicted octanol–water partition coefficient (Wildman–Crippen LogP) is 4.36. The number of carbonyl (C=O) groups excluding carboxylic acids is 3. The van der Waals surface area contributed by atoms with Crippen LogP contribution in [-0.2, 0) is 17.8 Å². The number of fused-ring (bicyclic) bond motifs is 5. The summed E-state index contributed by atoms with van der Waals surface area (Å²) < 4.78 is 0. The number of nitrogens with zero attached hydrogens (tertiary/aromatic N) is 4. The first kappa shape index (κ1) is 21.0. The van der Waals surface area contributed by atoms with E-state index in [1.54, 1.807) is 65.3 Å². The van der Waals surface area contributed by atoms with Crippen LogP contribution in [-0.4, -0.2) is 37.9 Å². The lowest BCUT2D eigenvalue weighted by Gasteiger charge is -2.43. The van der Waals surface area contributed by atoms with E-state index >= 15 is 0 Å². The maximum atomic E-state index is 14.2. The molecular formula is C28H20N4O3S. The summed E-state index contributed by atoms with van der Waals surface area (Å²) in [6.45, 7) is 2.66. The van der Waals surface area contributed by atoms with Crippen LogP contribution in [0.3, 0.4) is 0 Å². The van der Waals surface area contributed by atoms with Gasteiger partial charge >= 0.3 is 0 Å². The minimum absolute atomic E-state index is 0.169. The molecule has 3 aromatic rings. The first-order chi connectivity index (χ1) is 17.5. The van der Waals surface area contributed by atoms with Crippen LogP contribution in [0.4, 0.5) is 5.00 Å². The molecule has 0 saturated heterocycles. The quantitative estimate of drug-likeness (QED) is 0.532. The molecule has 2 amide bonds. The molecule has 0 N–H and O–H groups in total. The molecule has 4 aliphatic heterocycles. The Morgan fingerprint density at radius 3 is 2.56 bits per heavy atom. The Balaban J connectivity index is 1.38. The molecular weight excluding hydrogens is 472 g/mol. The fourth-order valence-electron chi connectivity index (χ4n) is 5.42. The van der Waals surface area contributed by atoms with Crippen LogP contribution in [0.5, 0.6) is 0 Å². The SMILES string of the molecule is CCc1cc2c(s1)N1Cc3ccccc3C3=C1N(C2=O)C1(C=CN(C(=O)c2ccncc2)C=C1)C3=O. The molecule has 0 aliphatic carbocycles. The Bertz CT molecular complexity index is 1570. The minimum atomic E-state index is -1.33. The van der Waals surface area contributed by atoms with E-state index in [9.17, 15) is 14.4 Å². The van der Waals surface area contributed by atoms with Crippen molar-refractivity contribution in [3.8, 4) is 0 Å². The van der Waals surface area contributed by atoms with E-state index in [0.717, 1.165) is 27.4 Å². The van der Waals surface area contributed by atoms with Crippen molar-refractivity contribution >= 4 is 39.5 Å². The van der Waals surface area contributed by atoms with Gasteiger partial charge in [0.05, 0.1) is 17.7 Å². The fourth-order valence-corrected chi connectivity index (χ4v) is 6.51. The second-order valence-corrected chi connectivity index (χ2v) is 10.2. The van der Waals surface area contributed by atoms with Crippen LogP contribution in [0.2, 0.25) is 0 Å². The number of carbonyl (C=O) groups is 3. The van der Waals surface area contributed by atoms with Crippen LogP contribution in [0.15, 0.2) is 85.2 Å².